The quantitative estimate of drug-likeness (QED) is 0.652. The first-order valence-electron chi connectivity index (χ1n) is 4.99. The first kappa shape index (κ1) is 11.0. The van der Waals surface area contributed by atoms with E-state index < -0.39 is 0 Å². The average Bonchev–Trinajstić information content (AvgIpc) is 2.53. The topological polar surface area (TPSA) is 17.1 Å². The summed E-state index contributed by atoms with van der Waals surface area (Å²) in [5, 5.41) is 0. The van der Waals surface area contributed by atoms with Gasteiger partial charge in [-0.1, -0.05) is 50.6 Å². The Hall–Kier alpha value is -1.11. The van der Waals surface area contributed by atoms with Gasteiger partial charge in [0.2, 0.25) is 0 Å². The second-order valence-corrected chi connectivity index (χ2v) is 4.80. The summed E-state index contributed by atoms with van der Waals surface area (Å²) in [6, 6.07) is 0. The third-order valence-electron chi connectivity index (χ3n) is 2.42. The molecule has 0 N–H and O–H groups in total. The lowest BCUT2D eigenvalue weighted by molar-refractivity contribution is -0.125. The molecule has 76 valence electrons. The number of hydrogen-bond donors (Lipinski definition) is 0. The average molecular weight is 190 g/mol. The molecule has 14 heavy (non-hydrogen) atoms. The lowest BCUT2D eigenvalue weighted by atomic mass is 9.86. The largest absolute Gasteiger partial charge is 0.299 e. The second kappa shape index (κ2) is 3.95. The van der Waals surface area contributed by atoms with Gasteiger partial charge in [0, 0.05) is 11.8 Å². The molecule has 1 aliphatic carbocycles. The Labute approximate surface area is 86.2 Å². The van der Waals surface area contributed by atoms with Gasteiger partial charge in [0.15, 0.2) is 0 Å². The van der Waals surface area contributed by atoms with Gasteiger partial charge in [-0.3, -0.25) is 4.79 Å². The van der Waals surface area contributed by atoms with Crippen molar-refractivity contribution in [2.24, 2.45) is 5.41 Å². The number of hydrogen-bond acceptors (Lipinski definition) is 1. The first-order chi connectivity index (χ1) is 6.41. The van der Waals surface area contributed by atoms with Crippen LogP contribution in [0.2, 0.25) is 0 Å². The predicted molar refractivity (Wildman–Crippen MR) is 60.1 cm³/mol. The van der Waals surface area contributed by atoms with Crippen molar-refractivity contribution in [3.8, 4) is 0 Å². The van der Waals surface area contributed by atoms with Gasteiger partial charge in [0.25, 0.3) is 0 Å². The highest BCUT2D eigenvalue weighted by Gasteiger charge is 2.21. The van der Waals surface area contributed by atoms with Gasteiger partial charge < -0.3 is 0 Å². The summed E-state index contributed by atoms with van der Waals surface area (Å²) in [5.41, 5.74) is 2.12. The molecule has 0 aromatic heterocycles. The maximum atomic E-state index is 11.7. The molecular weight excluding hydrogens is 172 g/mol. The van der Waals surface area contributed by atoms with Gasteiger partial charge in [-0.05, 0) is 12.5 Å². The highest BCUT2D eigenvalue weighted by atomic mass is 16.1. The van der Waals surface area contributed by atoms with Crippen molar-refractivity contribution in [3.63, 3.8) is 0 Å². The molecule has 0 aromatic carbocycles. The van der Waals surface area contributed by atoms with Crippen LogP contribution in [0.25, 0.3) is 0 Å². The Morgan fingerprint density at radius 1 is 1.21 bits per heavy atom. The molecular formula is C13H18O. The van der Waals surface area contributed by atoms with Crippen LogP contribution in [0.3, 0.4) is 0 Å². The Bertz CT molecular complexity index is 308. The minimum absolute atomic E-state index is 0.228. The lowest BCUT2D eigenvalue weighted by Crippen LogP contribution is -2.20. The molecule has 0 heterocycles. The summed E-state index contributed by atoms with van der Waals surface area (Å²) in [6.07, 6.45) is 8.66. The summed E-state index contributed by atoms with van der Waals surface area (Å²) >= 11 is 0. The molecule has 1 aliphatic rings. The molecule has 0 bridgehead atoms. The Morgan fingerprint density at radius 2 is 1.71 bits per heavy atom. The van der Waals surface area contributed by atoms with Crippen LogP contribution >= 0.6 is 0 Å². The molecule has 0 atom stereocenters. The van der Waals surface area contributed by atoms with Crippen LogP contribution in [0.15, 0.2) is 35.5 Å². The zero-order valence-electron chi connectivity index (χ0n) is 9.42. The lowest BCUT2D eigenvalue weighted by Gasteiger charge is -2.17. The van der Waals surface area contributed by atoms with Crippen LogP contribution in [-0.4, -0.2) is 5.78 Å². The van der Waals surface area contributed by atoms with E-state index in [0.29, 0.717) is 12.2 Å². The van der Waals surface area contributed by atoms with Crippen molar-refractivity contribution in [2.75, 3.05) is 0 Å². The fourth-order valence-corrected chi connectivity index (χ4v) is 1.27. The summed E-state index contributed by atoms with van der Waals surface area (Å²) in [6.45, 7) is 7.92. The van der Waals surface area contributed by atoms with Crippen LogP contribution in [0.1, 0.15) is 34.1 Å². The van der Waals surface area contributed by atoms with E-state index in [9.17, 15) is 4.79 Å². The molecule has 0 amide bonds. The zero-order chi connectivity index (χ0) is 10.8. The Morgan fingerprint density at radius 3 is 2.14 bits per heavy atom. The molecule has 1 rings (SSSR count). The SMILES string of the molecule is CC(CC(=O)C(C)(C)C)=C1C=CC=C1. The van der Waals surface area contributed by atoms with E-state index in [-0.39, 0.29) is 5.41 Å². The van der Waals surface area contributed by atoms with Crippen molar-refractivity contribution in [3.05, 3.63) is 35.5 Å². The monoisotopic (exact) mass is 190 g/mol. The van der Waals surface area contributed by atoms with Gasteiger partial charge in [-0.25, -0.2) is 0 Å². The predicted octanol–water partition coefficient (Wildman–Crippen LogP) is 3.43. The maximum absolute atomic E-state index is 11.7. The van der Waals surface area contributed by atoms with Crippen LogP contribution in [0.4, 0.5) is 0 Å². The minimum atomic E-state index is -0.228. The fourth-order valence-electron chi connectivity index (χ4n) is 1.27. The van der Waals surface area contributed by atoms with Crippen LogP contribution in [0, 0.1) is 5.41 Å². The van der Waals surface area contributed by atoms with E-state index in [1.54, 1.807) is 0 Å². The molecule has 0 saturated heterocycles. The maximum Gasteiger partial charge on any atom is 0.142 e. The highest BCUT2D eigenvalue weighted by Crippen LogP contribution is 2.22. The molecule has 0 spiro atoms. The molecule has 0 unspecified atom stereocenters. The minimum Gasteiger partial charge on any atom is -0.299 e. The highest BCUT2D eigenvalue weighted by molar-refractivity contribution is 5.86. The third-order valence-corrected chi connectivity index (χ3v) is 2.42. The summed E-state index contributed by atoms with van der Waals surface area (Å²) < 4.78 is 0. The van der Waals surface area contributed by atoms with E-state index in [1.807, 2.05) is 52.0 Å². The standard InChI is InChI=1S/C13H18O/c1-10(11-7-5-6-8-11)9-12(14)13(2,3)4/h5-8H,9H2,1-4H3. The van der Waals surface area contributed by atoms with Crippen molar-refractivity contribution in [2.45, 2.75) is 34.1 Å². The van der Waals surface area contributed by atoms with Crippen molar-refractivity contribution >= 4 is 5.78 Å². The summed E-state index contributed by atoms with van der Waals surface area (Å²) in [7, 11) is 0. The van der Waals surface area contributed by atoms with Crippen molar-refractivity contribution in [1.29, 1.82) is 0 Å². The van der Waals surface area contributed by atoms with E-state index in [1.165, 1.54) is 5.57 Å². The third kappa shape index (κ3) is 2.69. The van der Waals surface area contributed by atoms with Gasteiger partial charge in [-0.2, -0.15) is 0 Å². The molecule has 0 saturated carbocycles. The number of carbonyl (C=O) groups excluding carboxylic acids is 1. The number of Topliss-reactive ketones (excluding diaryl/α,β-unsaturated/α-hetero) is 1. The second-order valence-electron chi connectivity index (χ2n) is 4.80. The molecule has 0 aliphatic heterocycles. The van der Waals surface area contributed by atoms with E-state index in [4.69, 9.17) is 0 Å². The van der Waals surface area contributed by atoms with E-state index in [2.05, 4.69) is 0 Å². The van der Waals surface area contributed by atoms with Gasteiger partial charge in [-0.15, -0.1) is 0 Å². The number of carbonyl (C=O) groups is 1. The molecule has 0 fully saturated rings. The van der Waals surface area contributed by atoms with E-state index in [0.717, 1.165) is 5.57 Å². The number of allylic oxidation sites excluding steroid dienone is 6. The van der Waals surface area contributed by atoms with Gasteiger partial charge >= 0.3 is 0 Å². The van der Waals surface area contributed by atoms with Gasteiger partial charge in [0.1, 0.15) is 5.78 Å². The summed E-state index contributed by atoms with van der Waals surface area (Å²) in [5.74, 6) is 0.302. The number of rotatable bonds is 2. The van der Waals surface area contributed by atoms with Crippen LogP contribution < -0.4 is 0 Å². The van der Waals surface area contributed by atoms with Crippen LogP contribution in [-0.2, 0) is 4.79 Å². The normalized spacial score (nSPS) is 15.0. The van der Waals surface area contributed by atoms with Gasteiger partial charge in [0.05, 0.1) is 0 Å². The first-order valence-corrected chi connectivity index (χ1v) is 4.99. The zero-order valence-corrected chi connectivity index (χ0v) is 9.42. The Balaban J connectivity index is 2.71. The number of ketones is 1. The van der Waals surface area contributed by atoms with Crippen molar-refractivity contribution < 1.29 is 4.79 Å². The smallest absolute Gasteiger partial charge is 0.142 e. The molecule has 1 heteroatoms. The van der Waals surface area contributed by atoms with E-state index >= 15 is 0 Å². The Kier molecular flexibility index (Phi) is 3.10. The molecule has 0 radical (unpaired) electrons. The molecule has 0 aromatic rings. The van der Waals surface area contributed by atoms with Crippen molar-refractivity contribution in [1.82, 2.24) is 0 Å². The van der Waals surface area contributed by atoms with Crippen LogP contribution in [0.5, 0.6) is 0 Å². The summed E-state index contributed by atoms with van der Waals surface area (Å²) in [4.78, 5) is 11.7. The fraction of sp³-hybridized carbons (Fsp3) is 0.462. The molecule has 1 nitrogen and oxygen atoms in total.